The van der Waals surface area contributed by atoms with Crippen LogP contribution in [0.5, 0.6) is 0 Å². The molecule has 8 nitrogen and oxygen atoms in total. The Morgan fingerprint density at radius 2 is 1.18 bits per heavy atom. The summed E-state index contributed by atoms with van der Waals surface area (Å²) in [6, 6.07) is 17.5. The minimum Gasteiger partial charge on any atom is -0.394 e. The molecule has 0 unspecified atom stereocenters. The van der Waals surface area contributed by atoms with Crippen molar-refractivity contribution < 1.29 is 13.7 Å². The molecular weight excluding hydrogens is 446 g/mol. The fraction of sp³-hybridized carbons (Fsp3) is 0.0833. The second-order valence-electron chi connectivity index (χ2n) is 7.23. The highest BCUT2D eigenvalue weighted by molar-refractivity contribution is 5.34. The Bertz CT molecular complexity index is 1400. The number of rotatable bonds is 5. The minimum absolute atomic E-state index is 0.167. The van der Waals surface area contributed by atoms with Gasteiger partial charge in [0.05, 0.1) is 23.7 Å². The largest absolute Gasteiger partial charge is 0.394 e. The number of anilines is 1. The van der Waals surface area contributed by atoms with Crippen molar-refractivity contribution in [2.24, 2.45) is 0 Å². The first-order valence-electron chi connectivity index (χ1n) is 10.0. The molecule has 4 aromatic rings. The third kappa shape index (κ3) is 6.22. The number of aromatic nitrogens is 2. The summed E-state index contributed by atoms with van der Waals surface area (Å²) < 4.78 is 28.1. The Hall–Kier alpha value is -4.60. The van der Waals surface area contributed by atoms with Crippen LogP contribution in [0.4, 0.5) is 20.2 Å². The summed E-state index contributed by atoms with van der Waals surface area (Å²) in [5.74, 6) is -0.659. The normalized spacial score (nSPS) is 10.3. The molecule has 0 spiro atoms. The third-order valence-corrected chi connectivity index (χ3v) is 4.78. The maximum Gasteiger partial charge on any atom is 0.334 e. The van der Waals surface area contributed by atoms with E-state index in [1.807, 2.05) is 0 Å². The van der Waals surface area contributed by atoms with Gasteiger partial charge in [0.2, 0.25) is 0 Å². The quantitative estimate of drug-likeness (QED) is 0.357. The van der Waals surface area contributed by atoms with E-state index in [-0.39, 0.29) is 29.4 Å². The molecule has 0 fully saturated rings. The molecule has 2 N–H and O–H groups in total. The molecule has 0 radical (unpaired) electrons. The second-order valence-corrected chi connectivity index (χ2v) is 7.23. The number of nitrogens with two attached hydrogens (primary N) is 1. The third-order valence-electron chi connectivity index (χ3n) is 4.78. The molecule has 0 bridgehead atoms. The second kappa shape index (κ2) is 10.8. The van der Waals surface area contributed by atoms with Crippen LogP contribution < -0.4 is 16.9 Å². The lowest BCUT2D eigenvalue weighted by molar-refractivity contribution is -0.386. The summed E-state index contributed by atoms with van der Waals surface area (Å²) in [5.41, 5.74) is 5.89. The number of pyridine rings is 2. The average molecular weight is 466 g/mol. The van der Waals surface area contributed by atoms with Crippen molar-refractivity contribution in [3.05, 3.63) is 139 Å². The summed E-state index contributed by atoms with van der Waals surface area (Å²) in [5, 5.41) is 10.6. The SMILES string of the molecule is Nc1cccn(Cc2ccc(F)cc2)c1=O.O=c1c([N+](=O)[O-])cccn1Cc1ccc(F)cc1. The fourth-order valence-corrected chi connectivity index (χ4v) is 3.04. The van der Waals surface area contributed by atoms with Gasteiger partial charge in [-0.3, -0.25) is 19.7 Å². The zero-order valence-electron chi connectivity index (χ0n) is 17.8. The van der Waals surface area contributed by atoms with Crippen LogP contribution >= 0.6 is 0 Å². The van der Waals surface area contributed by atoms with Gasteiger partial charge < -0.3 is 14.9 Å². The van der Waals surface area contributed by atoms with Gasteiger partial charge in [-0.1, -0.05) is 24.3 Å². The first kappa shape index (κ1) is 24.1. The zero-order chi connectivity index (χ0) is 24.7. The summed E-state index contributed by atoms with van der Waals surface area (Å²) in [6.45, 7) is 0.560. The van der Waals surface area contributed by atoms with Crippen molar-refractivity contribution in [2.45, 2.75) is 13.1 Å². The molecule has 174 valence electrons. The molecule has 0 aliphatic carbocycles. The summed E-state index contributed by atoms with van der Waals surface area (Å²) in [7, 11) is 0. The van der Waals surface area contributed by atoms with Crippen LogP contribution in [-0.2, 0) is 13.1 Å². The molecule has 4 rings (SSSR count). The maximum atomic E-state index is 12.7. The van der Waals surface area contributed by atoms with Crippen LogP contribution in [-0.4, -0.2) is 14.1 Å². The Kier molecular flexibility index (Phi) is 7.65. The molecule has 2 heterocycles. The Morgan fingerprint density at radius 1 is 0.735 bits per heavy atom. The van der Waals surface area contributed by atoms with E-state index in [1.54, 1.807) is 30.5 Å². The van der Waals surface area contributed by atoms with Crippen molar-refractivity contribution in [1.82, 2.24) is 9.13 Å². The van der Waals surface area contributed by atoms with Crippen molar-refractivity contribution >= 4 is 11.4 Å². The van der Waals surface area contributed by atoms with Gasteiger partial charge in [0, 0.05) is 18.5 Å². The monoisotopic (exact) mass is 466 g/mol. The summed E-state index contributed by atoms with van der Waals surface area (Å²) in [4.78, 5) is 33.2. The van der Waals surface area contributed by atoms with E-state index in [9.17, 15) is 28.5 Å². The lowest BCUT2D eigenvalue weighted by atomic mass is 10.2. The molecular formula is C24H20F2N4O4. The lowest BCUT2D eigenvalue weighted by Gasteiger charge is -2.06. The smallest absolute Gasteiger partial charge is 0.334 e. The van der Waals surface area contributed by atoms with E-state index >= 15 is 0 Å². The molecule has 0 atom stereocenters. The fourth-order valence-electron chi connectivity index (χ4n) is 3.04. The molecule has 0 saturated carbocycles. The predicted molar refractivity (Wildman–Crippen MR) is 123 cm³/mol. The highest BCUT2D eigenvalue weighted by Crippen LogP contribution is 2.07. The maximum absolute atomic E-state index is 12.7. The molecule has 2 aromatic heterocycles. The van der Waals surface area contributed by atoms with Crippen LogP contribution in [0.1, 0.15) is 11.1 Å². The molecule has 0 aliphatic rings. The molecule has 10 heteroatoms. The van der Waals surface area contributed by atoms with E-state index in [0.29, 0.717) is 12.1 Å². The average Bonchev–Trinajstić information content (AvgIpc) is 2.81. The molecule has 34 heavy (non-hydrogen) atoms. The van der Waals surface area contributed by atoms with E-state index in [2.05, 4.69) is 0 Å². The Labute approximate surface area is 192 Å². The summed E-state index contributed by atoms with van der Waals surface area (Å²) in [6.07, 6.45) is 3.11. The van der Waals surface area contributed by atoms with Gasteiger partial charge in [-0.15, -0.1) is 0 Å². The van der Waals surface area contributed by atoms with Crippen LogP contribution in [0.2, 0.25) is 0 Å². The molecule has 2 aromatic carbocycles. The van der Waals surface area contributed by atoms with Crippen molar-refractivity contribution in [1.29, 1.82) is 0 Å². The predicted octanol–water partition coefficient (Wildman–Crippen LogP) is 3.56. The topological polar surface area (TPSA) is 113 Å². The van der Waals surface area contributed by atoms with Crippen LogP contribution in [0, 0.1) is 21.7 Å². The highest BCUT2D eigenvalue weighted by atomic mass is 19.1. The first-order valence-corrected chi connectivity index (χ1v) is 10.0. The number of hydrogen-bond acceptors (Lipinski definition) is 5. The standard InChI is InChI=1S/C12H9FN2O3.C12H11FN2O/c13-10-5-3-9(4-6-10)8-14-7-1-2-11(12(14)16)15(17)18;13-10-5-3-9(4-6-10)8-15-7-1-2-11(14)12(15)16/h1-7H,8H2;1-7H,8,14H2. The van der Waals surface area contributed by atoms with Crippen LogP contribution in [0.25, 0.3) is 0 Å². The number of nitrogen functional groups attached to an aromatic ring is 1. The highest BCUT2D eigenvalue weighted by Gasteiger charge is 2.13. The number of hydrogen-bond donors (Lipinski definition) is 1. The van der Waals surface area contributed by atoms with E-state index < -0.39 is 16.2 Å². The summed E-state index contributed by atoms with van der Waals surface area (Å²) >= 11 is 0. The first-order chi connectivity index (χ1) is 16.2. The molecule has 0 amide bonds. The van der Waals surface area contributed by atoms with Gasteiger partial charge in [0.15, 0.2) is 0 Å². The number of benzene rings is 2. The Morgan fingerprint density at radius 3 is 1.65 bits per heavy atom. The van der Waals surface area contributed by atoms with Gasteiger partial charge in [-0.2, -0.15) is 0 Å². The van der Waals surface area contributed by atoms with E-state index in [1.165, 1.54) is 57.8 Å². The van der Waals surface area contributed by atoms with Gasteiger partial charge >= 0.3 is 11.2 Å². The molecule has 0 saturated heterocycles. The number of nitro groups is 1. The van der Waals surface area contributed by atoms with E-state index in [0.717, 1.165) is 11.6 Å². The van der Waals surface area contributed by atoms with Gasteiger partial charge in [-0.05, 0) is 53.6 Å². The van der Waals surface area contributed by atoms with E-state index in [4.69, 9.17) is 5.73 Å². The van der Waals surface area contributed by atoms with Crippen LogP contribution in [0.3, 0.4) is 0 Å². The van der Waals surface area contributed by atoms with Gasteiger partial charge in [-0.25, -0.2) is 8.78 Å². The lowest BCUT2D eigenvalue weighted by Crippen LogP contribution is -2.22. The zero-order valence-corrected chi connectivity index (χ0v) is 17.8. The van der Waals surface area contributed by atoms with Gasteiger partial charge in [0.25, 0.3) is 5.56 Å². The van der Waals surface area contributed by atoms with Crippen molar-refractivity contribution in [3.8, 4) is 0 Å². The minimum atomic E-state index is -0.719. The van der Waals surface area contributed by atoms with Gasteiger partial charge in [0.1, 0.15) is 11.6 Å². The number of nitrogens with zero attached hydrogens (tertiary/aromatic N) is 3. The Balaban J connectivity index is 0.000000192. The van der Waals surface area contributed by atoms with Crippen molar-refractivity contribution in [3.63, 3.8) is 0 Å². The number of halogens is 2. The van der Waals surface area contributed by atoms with Crippen LogP contribution in [0.15, 0.2) is 94.8 Å². The van der Waals surface area contributed by atoms with Crippen molar-refractivity contribution in [2.75, 3.05) is 5.73 Å². The molecule has 0 aliphatic heterocycles.